The molecule has 9 unspecified atom stereocenters. The quantitative estimate of drug-likeness (QED) is 0.238. The second kappa shape index (κ2) is 7.21. The van der Waals surface area contributed by atoms with Gasteiger partial charge in [-0.05, 0) is 0 Å². The standard InChI is InChI=1S/C12H22O11/c1-20-12(10(19)7(16)5(3-14)22-12)23-11-9(18)8(17)6(15)4(2-13)21-11/h4-11,13-19H,2-3H2,1H3. The normalized spacial score (nSPS) is 51.1. The highest BCUT2D eigenvalue weighted by Crippen LogP contribution is 2.36. The monoisotopic (exact) mass is 342 g/mol. The molecule has 136 valence electrons. The van der Waals surface area contributed by atoms with Gasteiger partial charge in [-0.15, -0.1) is 0 Å². The average Bonchev–Trinajstić information content (AvgIpc) is 2.80. The Morgan fingerprint density at radius 2 is 1.48 bits per heavy atom. The molecule has 11 nitrogen and oxygen atoms in total. The van der Waals surface area contributed by atoms with Crippen molar-refractivity contribution in [2.75, 3.05) is 20.3 Å². The second-order valence-electron chi connectivity index (χ2n) is 5.40. The summed E-state index contributed by atoms with van der Waals surface area (Å²) in [5.41, 5.74) is 0. The van der Waals surface area contributed by atoms with Crippen molar-refractivity contribution in [2.45, 2.75) is 55.0 Å². The lowest BCUT2D eigenvalue weighted by Crippen LogP contribution is -2.62. The summed E-state index contributed by atoms with van der Waals surface area (Å²) >= 11 is 0. The topological polar surface area (TPSA) is 179 Å². The molecule has 9 atom stereocenters. The highest BCUT2D eigenvalue weighted by molar-refractivity contribution is 4.94. The fourth-order valence-electron chi connectivity index (χ4n) is 2.55. The van der Waals surface area contributed by atoms with Gasteiger partial charge < -0.3 is 50.0 Å². The van der Waals surface area contributed by atoms with E-state index in [4.69, 9.17) is 29.2 Å². The lowest BCUT2D eigenvalue weighted by molar-refractivity contribution is -0.448. The van der Waals surface area contributed by atoms with Gasteiger partial charge in [0, 0.05) is 7.11 Å². The van der Waals surface area contributed by atoms with E-state index in [2.05, 4.69) is 0 Å². The Hall–Kier alpha value is -0.440. The molecule has 2 fully saturated rings. The summed E-state index contributed by atoms with van der Waals surface area (Å²) in [7, 11) is 1.08. The highest BCUT2D eigenvalue weighted by Gasteiger charge is 2.59. The highest BCUT2D eigenvalue weighted by atomic mass is 16.9. The van der Waals surface area contributed by atoms with Crippen LogP contribution in [0, 0.1) is 0 Å². The molecule has 23 heavy (non-hydrogen) atoms. The molecule has 0 bridgehead atoms. The molecule has 0 saturated carbocycles. The third-order valence-electron chi connectivity index (χ3n) is 3.98. The van der Waals surface area contributed by atoms with E-state index in [0.717, 1.165) is 7.11 Å². The maximum atomic E-state index is 10.0. The van der Waals surface area contributed by atoms with E-state index in [1.54, 1.807) is 0 Å². The van der Waals surface area contributed by atoms with E-state index in [1.807, 2.05) is 0 Å². The van der Waals surface area contributed by atoms with Gasteiger partial charge in [0.05, 0.1) is 13.2 Å². The van der Waals surface area contributed by atoms with Crippen molar-refractivity contribution in [1.29, 1.82) is 0 Å². The molecular formula is C12H22O11. The third-order valence-corrected chi connectivity index (χ3v) is 3.98. The smallest absolute Gasteiger partial charge is 0.315 e. The first kappa shape index (κ1) is 18.9. The van der Waals surface area contributed by atoms with Gasteiger partial charge in [-0.1, -0.05) is 0 Å². The van der Waals surface area contributed by atoms with Crippen LogP contribution in [-0.2, 0) is 18.9 Å². The van der Waals surface area contributed by atoms with Crippen molar-refractivity contribution in [1.82, 2.24) is 0 Å². The van der Waals surface area contributed by atoms with Gasteiger partial charge in [-0.3, -0.25) is 4.74 Å². The van der Waals surface area contributed by atoms with Crippen molar-refractivity contribution in [3.05, 3.63) is 0 Å². The van der Waals surface area contributed by atoms with Crippen LogP contribution in [0.5, 0.6) is 0 Å². The van der Waals surface area contributed by atoms with Crippen LogP contribution in [0.3, 0.4) is 0 Å². The summed E-state index contributed by atoms with van der Waals surface area (Å²) in [5.74, 6) is -2.28. The first-order chi connectivity index (χ1) is 10.8. The number of hydrogen-bond acceptors (Lipinski definition) is 11. The van der Waals surface area contributed by atoms with Crippen LogP contribution in [0.25, 0.3) is 0 Å². The predicted octanol–water partition coefficient (Wildman–Crippen LogP) is -4.78. The van der Waals surface area contributed by atoms with E-state index in [1.165, 1.54) is 0 Å². The first-order valence-corrected chi connectivity index (χ1v) is 6.99. The summed E-state index contributed by atoms with van der Waals surface area (Å²) in [4.78, 5) is 0. The van der Waals surface area contributed by atoms with Crippen LogP contribution in [0.2, 0.25) is 0 Å². The van der Waals surface area contributed by atoms with Crippen LogP contribution >= 0.6 is 0 Å². The Labute approximate surface area is 131 Å². The number of aliphatic hydroxyl groups excluding tert-OH is 7. The lowest BCUT2D eigenvalue weighted by Gasteiger charge is -2.42. The maximum Gasteiger partial charge on any atom is 0.315 e. The minimum atomic E-state index is -2.28. The molecule has 0 aromatic heterocycles. The van der Waals surface area contributed by atoms with E-state index in [-0.39, 0.29) is 0 Å². The Morgan fingerprint density at radius 1 is 0.870 bits per heavy atom. The molecule has 11 heteroatoms. The zero-order valence-electron chi connectivity index (χ0n) is 12.3. The fraction of sp³-hybridized carbons (Fsp3) is 1.00. The molecule has 2 saturated heterocycles. The summed E-state index contributed by atoms with van der Waals surface area (Å²) in [6.45, 7) is -1.31. The molecule has 0 aromatic rings. The number of hydrogen-bond donors (Lipinski definition) is 7. The predicted molar refractivity (Wildman–Crippen MR) is 68.6 cm³/mol. The van der Waals surface area contributed by atoms with E-state index in [9.17, 15) is 25.5 Å². The fourth-order valence-corrected chi connectivity index (χ4v) is 2.55. The van der Waals surface area contributed by atoms with Gasteiger partial charge in [0.2, 0.25) is 0 Å². The van der Waals surface area contributed by atoms with Crippen molar-refractivity contribution in [3.63, 3.8) is 0 Å². The number of ether oxygens (including phenoxy) is 4. The molecule has 7 N–H and O–H groups in total. The van der Waals surface area contributed by atoms with Crippen molar-refractivity contribution in [3.8, 4) is 0 Å². The molecule has 2 rings (SSSR count). The number of aliphatic hydroxyl groups is 7. The molecule has 2 aliphatic heterocycles. The minimum Gasteiger partial charge on any atom is -0.394 e. The van der Waals surface area contributed by atoms with Gasteiger partial charge in [0.1, 0.15) is 36.6 Å². The summed E-state index contributed by atoms with van der Waals surface area (Å²) in [5, 5.41) is 67.4. The van der Waals surface area contributed by atoms with Gasteiger partial charge in [0.25, 0.3) is 0 Å². The third kappa shape index (κ3) is 3.23. The van der Waals surface area contributed by atoms with Crippen LogP contribution < -0.4 is 0 Å². The summed E-state index contributed by atoms with van der Waals surface area (Å²) < 4.78 is 20.5. The van der Waals surface area contributed by atoms with Crippen molar-refractivity contribution < 1.29 is 54.7 Å². The Bertz CT molecular complexity index is 393. The van der Waals surface area contributed by atoms with E-state index < -0.39 is 68.2 Å². The number of methoxy groups -OCH3 is 1. The van der Waals surface area contributed by atoms with Crippen LogP contribution in [0.15, 0.2) is 0 Å². The molecule has 0 spiro atoms. The van der Waals surface area contributed by atoms with Gasteiger partial charge in [-0.2, -0.15) is 0 Å². The van der Waals surface area contributed by atoms with Crippen LogP contribution in [0.1, 0.15) is 0 Å². The second-order valence-corrected chi connectivity index (χ2v) is 5.40. The summed E-state index contributed by atoms with van der Waals surface area (Å²) in [6, 6.07) is 0. The van der Waals surface area contributed by atoms with Gasteiger partial charge in [0.15, 0.2) is 12.4 Å². The molecule has 0 amide bonds. The zero-order chi connectivity index (χ0) is 17.4. The molecule has 2 aliphatic rings. The van der Waals surface area contributed by atoms with Crippen LogP contribution in [0.4, 0.5) is 0 Å². The molecule has 0 aliphatic carbocycles. The molecule has 2 heterocycles. The summed E-state index contributed by atoms with van der Waals surface area (Å²) in [6.07, 6.45) is -12.4. The molecule has 0 radical (unpaired) electrons. The molecule has 0 aromatic carbocycles. The zero-order valence-corrected chi connectivity index (χ0v) is 12.3. The maximum absolute atomic E-state index is 10.0. The van der Waals surface area contributed by atoms with Crippen molar-refractivity contribution in [2.24, 2.45) is 0 Å². The number of rotatable bonds is 5. The van der Waals surface area contributed by atoms with Crippen LogP contribution in [-0.4, -0.2) is 111 Å². The van der Waals surface area contributed by atoms with E-state index in [0.29, 0.717) is 0 Å². The Balaban J connectivity index is 2.18. The SMILES string of the molecule is COC1(OC2OC(CO)C(O)C(O)C2O)OC(CO)C(O)C1O. The van der Waals surface area contributed by atoms with Crippen molar-refractivity contribution >= 4 is 0 Å². The Kier molecular flexibility index (Phi) is 5.92. The largest absolute Gasteiger partial charge is 0.394 e. The van der Waals surface area contributed by atoms with Gasteiger partial charge >= 0.3 is 5.97 Å². The Morgan fingerprint density at radius 3 is 1.96 bits per heavy atom. The minimum absolute atomic E-state index is 0.638. The van der Waals surface area contributed by atoms with Gasteiger partial charge in [-0.25, -0.2) is 0 Å². The van der Waals surface area contributed by atoms with E-state index >= 15 is 0 Å². The average molecular weight is 342 g/mol. The molecular weight excluding hydrogens is 320 g/mol. The lowest BCUT2D eigenvalue weighted by atomic mass is 9.99. The first-order valence-electron chi connectivity index (χ1n) is 6.99.